The second-order valence-corrected chi connectivity index (χ2v) is 7.03. The molecule has 1 N–H and O–H groups in total. The first-order chi connectivity index (χ1) is 11.2. The monoisotopic (exact) mass is 326 g/mol. The maximum absolute atomic E-state index is 12.7. The van der Waals surface area contributed by atoms with Crippen molar-refractivity contribution >= 4 is 28.3 Å². The largest absolute Gasteiger partial charge is 0.337 e. The van der Waals surface area contributed by atoms with Crippen LogP contribution in [0.4, 0.5) is 0 Å². The fourth-order valence-corrected chi connectivity index (χ4v) is 4.04. The van der Waals surface area contributed by atoms with Gasteiger partial charge in [-0.1, -0.05) is 0 Å². The molecular formula is C17H18N4OS. The summed E-state index contributed by atoms with van der Waals surface area (Å²) in [6.45, 7) is 3.59. The van der Waals surface area contributed by atoms with Crippen LogP contribution in [0.25, 0.3) is 11.0 Å². The van der Waals surface area contributed by atoms with Crippen LogP contribution >= 0.6 is 11.3 Å². The van der Waals surface area contributed by atoms with Gasteiger partial charge in [0, 0.05) is 30.1 Å². The van der Waals surface area contributed by atoms with E-state index in [0.29, 0.717) is 5.92 Å². The zero-order valence-corrected chi connectivity index (χ0v) is 13.8. The number of H-pyrrole nitrogens is 1. The quantitative estimate of drug-likeness (QED) is 0.785. The van der Waals surface area contributed by atoms with E-state index in [1.807, 2.05) is 29.3 Å². The number of amides is 1. The van der Waals surface area contributed by atoms with Crippen molar-refractivity contribution in [2.45, 2.75) is 25.7 Å². The first-order valence-corrected chi connectivity index (χ1v) is 8.73. The molecule has 1 fully saturated rings. The number of carbonyl (C=O) groups excluding carboxylic acids is 1. The molecule has 1 aliphatic rings. The van der Waals surface area contributed by atoms with Gasteiger partial charge in [-0.2, -0.15) is 5.10 Å². The molecule has 1 saturated heterocycles. The van der Waals surface area contributed by atoms with E-state index in [0.717, 1.165) is 53.1 Å². The highest BCUT2D eigenvalue weighted by Crippen LogP contribution is 2.28. The van der Waals surface area contributed by atoms with Crippen LogP contribution in [0.5, 0.6) is 0 Å². The summed E-state index contributed by atoms with van der Waals surface area (Å²) in [7, 11) is 0. The van der Waals surface area contributed by atoms with Crippen molar-refractivity contribution in [2.75, 3.05) is 13.1 Å². The van der Waals surface area contributed by atoms with E-state index in [9.17, 15) is 4.79 Å². The number of fused-ring (bicyclic) bond motifs is 1. The van der Waals surface area contributed by atoms with Crippen molar-refractivity contribution in [2.24, 2.45) is 0 Å². The number of aromatic amines is 1. The summed E-state index contributed by atoms with van der Waals surface area (Å²) < 4.78 is 0. The Morgan fingerprint density at radius 2 is 2.35 bits per heavy atom. The van der Waals surface area contributed by atoms with Gasteiger partial charge in [0.1, 0.15) is 0 Å². The molecule has 118 valence electrons. The molecule has 4 rings (SSSR count). The maximum atomic E-state index is 12.7. The highest BCUT2D eigenvalue weighted by molar-refractivity contribution is 7.12. The van der Waals surface area contributed by atoms with Crippen molar-refractivity contribution in [3.8, 4) is 0 Å². The van der Waals surface area contributed by atoms with E-state index in [1.54, 1.807) is 6.20 Å². The number of carbonyl (C=O) groups is 1. The number of piperidine rings is 1. The van der Waals surface area contributed by atoms with Gasteiger partial charge in [0.25, 0.3) is 5.91 Å². The lowest BCUT2D eigenvalue weighted by molar-refractivity contribution is 0.0711. The van der Waals surface area contributed by atoms with Crippen LogP contribution in [-0.4, -0.2) is 39.1 Å². The number of thiophene rings is 1. The standard InChI is InChI=1S/C17H18N4OS/c1-11-7-15(23-10-11)17(22)21-6-2-3-13(9-21)14-5-4-12-8-18-20-16(12)19-14/h4-5,7-8,10,13H,2-3,6,9H2,1H3,(H,18,19,20)/t13-/m1/s1. The minimum absolute atomic E-state index is 0.149. The number of rotatable bonds is 2. The Hall–Kier alpha value is -2.21. The summed E-state index contributed by atoms with van der Waals surface area (Å²) in [6.07, 6.45) is 3.87. The number of hydrogen-bond donors (Lipinski definition) is 1. The van der Waals surface area contributed by atoms with E-state index >= 15 is 0 Å². The molecule has 6 heteroatoms. The Kier molecular flexibility index (Phi) is 3.61. The van der Waals surface area contributed by atoms with Crippen molar-refractivity contribution in [3.05, 3.63) is 45.9 Å². The summed E-state index contributed by atoms with van der Waals surface area (Å²) in [5.41, 5.74) is 3.01. The Balaban J connectivity index is 1.55. The number of aryl methyl sites for hydroxylation is 1. The van der Waals surface area contributed by atoms with E-state index in [2.05, 4.69) is 21.2 Å². The predicted octanol–water partition coefficient (Wildman–Crippen LogP) is 3.35. The molecule has 0 aliphatic carbocycles. The fraction of sp³-hybridized carbons (Fsp3) is 0.353. The number of nitrogens with zero attached hydrogens (tertiary/aromatic N) is 3. The van der Waals surface area contributed by atoms with Gasteiger partial charge in [-0.3, -0.25) is 9.89 Å². The van der Waals surface area contributed by atoms with Crippen LogP contribution < -0.4 is 0 Å². The molecule has 0 bridgehead atoms. The van der Waals surface area contributed by atoms with E-state index in [-0.39, 0.29) is 5.91 Å². The summed E-state index contributed by atoms with van der Waals surface area (Å²) in [5.74, 6) is 0.442. The van der Waals surface area contributed by atoms with Crippen LogP contribution in [0, 0.1) is 6.92 Å². The number of hydrogen-bond acceptors (Lipinski definition) is 4. The first kappa shape index (κ1) is 14.4. The third-order valence-electron chi connectivity index (χ3n) is 4.39. The molecule has 0 saturated carbocycles. The molecule has 5 nitrogen and oxygen atoms in total. The molecule has 3 aromatic rings. The fourth-order valence-electron chi connectivity index (χ4n) is 3.17. The van der Waals surface area contributed by atoms with Gasteiger partial charge in [0.05, 0.1) is 11.1 Å². The van der Waals surface area contributed by atoms with Gasteiger partial charge in [0.15, 0.2) is 5.65 Å². The van der Waals surface area contributed by atoms with Crippen molar-refractivity contribution in [1.29, 1.82) is 0 Å². The van der Waals surface area contributed by atoms with Crippen LogP contribution in [0.3, 0.4) is 0 Å². The highest BCUT2D eigenvalue weighted by atomic mass is 32.1. The predicted molar refractivity (Wildman–Crippen MR) is 90.8 cm³/mol. The van der Waals surface area contributed by atoms with Gasteiger partial charge in [-0.05, 0) is 48.9 Å². The number of nitrogens with one attached hydrogen (secondary N) is 1. The summed E-state index contributed by atoms with van der Waals surface area (Å²) >= 11 is 1.53. The number of pyridine rings is 1. The van der Waals surface area contributed by atoms with Gasteiger partial charge in [-0.25, -0.2) is 4.98 Å². The maximum Gasteiger partial charge on any atom is 0.263 e. The van der Waals surface area contributed by atoms with Gasteiger partial charge < -0.3 is 4.90 Å². The Morgan fingerprint density at radius 3 is 3.17 bits per heavy atom. The lowest BCUT2D eigenvalue weighted by Crippen LogP contribution is -2.39. The topological polar surface area (TPSA) is 61.9 Å². The Bertz CT molecular complexity index is 853. The van der Waals surface area contributed by atoms with Gasteiger partial charge in [0.2, 0.25) is 0 Å². The average molecular weight is 326 g/mol. The lowest BCUT2D eigenvalue weighted by Gasteiger charge is -2.32. The second kappa shape index (κ2) is 5.77. The average Bonchev–Trinajstić information content (AvgIpc) is 3.22. The minimum Gasteiger partial charge on any atom is -0.337 e. The molecule has 0 unspecified atom stereocenters. The highest BCUT2D eigenvalue weighted by Gasteiger charge is 2.27. The lowest BCUT2D eigenvalue weighted by atomic mass is 9.94. The Labute approximate surface area is 138 Å². The van der Waals surface area contributed by atoms with E-state index in [4.69, 9.17) is 0 Å². The molecule has 4 heterocycles. The molecule has 3 aromatic heterocycles. The third-order valence-corrected chi connectivity index (χ3v) is 5.43. The van der Waals surface area contributed by atoms with Gasteiger partial charge >= 0.3 is 0 Å². The van der Waals surface area contributed by atoms with Crippen LogP contribution in [-0.2, 0) is 0 Å². The molecule has 0 spiro atoms. The van der Waals surface area contributed by atoms with Crippen molar-refractivity contribution in [1.82, 2.24) is 20.1 Å². The second-order valence-electron chi connectivity index (χ2n) is 6.12. The first-order valence-electron chi connectivity index (χ1n) is 7.85. The molecule has 0 radical (unpaired) electrons. The SMILES string of the molecule is Cc1csc(C(=O)N2CCC[C@@H](c3ccc4cn[nH]c4n3)C2)c1. The zero-order valence-electron chi connectivity index (χ0n) is 13.0. The van der Waals surface area contributed by atoms with Crippen molar-refractivity contribution < 1.29 is 4.79 Å². The molecular weight excluding hydrogens is 308 g/mol. The molecule has 23 heavy (non-hydrogen) atoms. The van der Waals surface area contributed by atoms with Crippen LogP contribution in [0.2, 0.25) is 0 Å². The molecule has 1 atom stereocenters. The zero-order chi connectivity index (χ0) is 15.8. The van der Waals surface area contributed by atoms with Crippen LogP contribution in [0.15, 0.2) is 29.8 Å². The number of likely N-dealkylation sites (tertiary alicyclic amines) is 1. The van der Waals surface area contributed by atoms with Gasteiger partial charge in [-0.15, -0.1) is 11.3 Å². The minimum atomic E-state index is 0.149. The number of aromatic nitrogens is 3. The van der Waals surface area contributed by atoms with E-state index in [1.165, 1.54) is 11.3 Å². The smallest absolute Gasteiger partial charge is 0.263 e. The molecule has 0 aromatic carbocycles. The normalized spacial score (nSPS) is 18.5. The molecule has 1 aliphatic heterocycles. The van der Waals surface area contributed by atoms with Crippen LogP contribution in [0.1, 0.15) is 39.7 Å². The van der Waals surface area contributed by atoms with Crippen molar-refractivity contribution in [3.63, 3.8) is 0 Å². The Morgan fingerprint density at radius 1 is 1.43 bits per heavy atom. The third kappa shape index (κ3) is 2.74. The summed E-state index contributed by atoms with van der Waals surface area (Å²) in [4.78, 5) is 20.1. The molecule has 1 amide bonds. The van der Waals surface area contributed by atoms with E-state index < -0.39 is 0 Å². The summed E-state index contributed by atoms with van der Waals surface area (Å²) in [5, 5.41) is 9.99. The summed E-state index contributed by atoms with van der Waals surface area (Å²) in [6, 6.07) is 6.09.